The summed E-state index contributed by atoms with van der Waals surface area (Å²) in [5, 5.41) is 7.34. The molecular formula is C18H21ClN4O3. The molecule has 1 aromatic heterocycles. The molecule has 138 valence electrons. The van der Waals surface area contributed by atoms with E-state index in [1.807, 2.05) is 0 Å². The second-order valence-corrected chi connectivity index (χ2v) is 7.62. The van der Waals surface area contributed by atoms with Crippen molar-refractivity contribution in [3.63, 3.8) is 0 Å². The first-order valence-electron chi connectivity index (χ1n) is 9.02. The fourth-order valence-electron chi connectivity index (χ4n) is 3.54. The number of piperidine rings is 1. The smallest absolute Gasteiger partial charge is 0.272 e. The van der Waals surface area contributed by atoms with Gasteiger partial charge in [0.1, 0.15) is 22.2 Å². The van der Waals surface area contributed by atoms with Crippen LogP contribution < -0.4 is 5.32 Å². The molecule has 1 saturated heterocycles. The highest BCUT2D eigenvalue weighted by molar-refractivity contribution is 6.39. The summed E-state index contributed by atoms with van der Waals surface area (Å²) in [4.78, 5) is 36.3. The Bertz CT molecular complexity index is 755. The Morgan fingerprint density at radius 1 is 1.27 bits per heavy atom. The predicted molar refractivity (Wildman–Crippen MR) is 96.0 cm³/mol. The van der Waals surface area contributed by atoms with E-state index in [2.05, 4.69) is 15.5 Å². The van der Waals surface area contributed by atoms with Crippen molar-refractivity contribution in [1.82, 2.24) is 15.2 Å². The van der Waals surface area contributed by atoms with Gasteiger partial charge in [0, 0.05) is 38.4 Å². The van der Waals surface area contributed by atoms with E-state index in [1.54, 1.807) is 23.1 Å². The molecule has 0 aromatic carbocycles. The van der Waals surface area contributed by atoms with Crippen LogP contribution in [0.5, 0.6) is 0 Å². The molecule has 0 atom stereocenters. The average Bonchev–Trinajstić information content (AvgIpc) is 3.02. The summed E-state index contributed by atoms with van der Waals surface area (Å²) in [6, 6.07) is 5.31. The topological polar surface area (TPSA) is 83.9 Å². The molecule has 2 fully saturated rings. The molecule has 1 saturated carbocycles. The number of nitrogens with one attached hydrogen (secondary N) is 1. The molecule has 0 bridgehead atoms. The summed E-state index contributed by atoms with van der Waals surface area (Å²) in [6.45, 7) is 1.08. The number of nitrogens with zero attached hydrogens (tertiary/aromatic N) is 3. The fourth-order valence-corrected chi connectivity index (χ4v) is 3.70. The Balaban J connectivity index is 1.32. The largest absolute Gasteiger partial charge is 0.388 e. The summed E-state index contributed by atoms with van der Waals surface area (Å²) in [5.41, 5.74) is 0.343. The van der Waals surface area contributed by atoms with Crippen molar-refractivity contribution in [3.05, 3.63) is 29.0 Å². The van der Waals surface area contributed by atoms with Crippen LogP contribution in [0.4, 0.5) is 0 Å². The zero-order valence-electron chi connectivity index (χ0n) is 14.4. The van der Waals surface area contributed by atoms with Gasteiger partial charge in [0.2, 0.25) is 0 Å². The van der Waals surface area contributed by atoms with Crippen LogP contribution in [0.2, 0.25) is 5.15 Å². The number of likely N-dealkylation sites (tertiary alicyclic amines) is 1. The summed E-state index contributed by atoms with van der Waals surface area (Å²) in [6.07, 6.45) is 5.04. The molecule has 3 aliphatic rings. The summed E-state index contributed by atoms with van der Waals surface area (Å²) in [5.74, 6) is -0.252. The number of hydrogen-bond donors (Lipinski definition) is 1. The van der Waals surface area contributed by atoms with Gasteiger partial charge in [-0.1, -0.05) is 22.8 Å². The van der Waals surface area contributed by atoms with E-state index in [0.717, 1.165) is 12.8 Å². The molecule has 2 aliphatic heterocycles. The zero-order valence-corrected chi connectivity index (χ0v) is 15.2. The summed E-state index contributed by atoms with van der Waals surface area (Å²) in [7, 11) is 0. The number of aromatic nitrogens is 1. The van der Waals surface area contributed by atoms with E-state index in [-0.39, 0.29) is 17.9 Å². The third-order valence-electron chi connectivity index (χ3n) is 5.44. The first-order valence-corrected chi connectivity index (χ1v) is 9.40. The minimum absolute atomic E-state index is 0.117. The van der Waals surface area contributed by atoms with Gasteiger partial charge in [0.15, 0.2) is 0 Å². The van der Waals surface area contributed by atoms with Gasteiger partial charge < -0.3 is 15.1 Å². The maximum Gasteiger partial charge on any atom is 0.272 e. The van der Waals surface area contributed by atoms with Crippen molar-refractivity contribution in [2.45, 2.75) is 50.2 Å². The summed E-state index contributed by atoms with van der Waals surface area (Å²) >= 11 is 5.87. The lowest BCUT2D eigenvalue weighted by Gasteiger charge is -2.37. The van der Waals surface area contributed by atoms with Crippen molar-refractivity contribution >= 4 is 29.1 Å². The van der Waals surface area contributed by atoms with Crippen LogP contribution in [-0.4, -0.2) is 52.1 Å². The van der Waals surface area contributed by atoms with Gasteiger partial charge in [-0.05, 0) is 31.4 Å². The molecule has 1 spiro atoms. The first kappa shape index (κ1) is 17.3. The van der Waals surface area contributed by atoms with Crippen molar-refractivity contribution in [3.8, 4) is 0 Å². The molecule has 2 amide bonds. The average molecular weight is 377 g/mol. The number of oxime groups is 1. The van der Waals surface area contributed by atoms with Crippen molar-refractivity contribution < 1.29 is 14.4 Å². The molecule has 26 heavy (non-hydrogen) atoms. The zero-order chi connectivity index (χ0) is 18.1. The number of halogens is 1. The fraction of sp³-hybridized carbons (Fsp3) is 0.556. The molecule has 1 aromatic rings. The number of carbonyl (C=O) groups excluding carboxylic acids is 2. The van der Waals surface area contributed by atoms with Crippen LogP contribution in [-0.2, 0) is 9.63 Å². The quantitative estimate of drug-likeness (QED) is 0.819. The lowest BCUT2D eigenvalue weighted by atomic mass is 9.86. The van der Waals surface area contributed by atoms with Crippen LogP contribution in [0.15, 0.2) is 23.4 Å². The predicted octanol–water partition coefficient (Wildman–Crippen LogP) is 2.15. The number of hydrogen-bond acceptors (Lipinski definition) is 5. The van der Waals surface area contributed by atoms with Gasteiger partial charge in [0.25, 0.3) is 11.8 Å². The lowest BCUT2D eigenvalue weighted by Crippen LogP contribution is -2.48. The monoisotopic (exact) mass is 376 g/mol. The normalized spacial score (nSPS) is 21.7. The highest BCUT2D eigenvalue weighted by Gasteiger charge is 2.45. The van der Waals surface area contributed by atoms with Crippen molar-refractivity contribution in [1.29, 1.82) is 0 Å². The molecule has 1 aliphatic carbocycles. The third-order valence-corrected chi connectivity index (χ3v) is 5.65. The molecule has 8 heteroatoms. The Hall–Kier alpha value is -2.15. The second-order valence-electron chi connectivity index (χ2n) is 7.23. The third kappa shape index (κ3) is 3.40. The minimum Gasteiger partial charge on any atom is -0.388 e. The summed E-state index contributed by atoms with van der Waals surface area (Å²) < 4.78 is 0. The van der Waals surface area contributed by atoms with E-state index < -0.39 is 5.60 Å². The van der Waals surface area contributed by atoms with Crippen LogP contribution in [0.1, 0.15) is 49.0 Å². The van der Waals surface area contributed by atoms with Gasteiger partial charge in [-0.25, -0.2) is 4.98 Å². The Labute approximate surface area is 156 Å². The SMILES string of the molecule is O=C(NC1CCC1)C1=NOC2(CCN(C(=O)c3cccc(Cl)n3)CC2)C1. The number of amides is 2. The van der Waals surface area contributed by atoms with Crippen LogP contribution in [0.3, 0.4) is 0 Å². The second kappa shape index (κ2) is 6.87. The Morgan fingerprint density at radius 3 is 2.69 bits per heavy atom. The molecule has 0 unspecified atom stereocenters. The van der Waals surface area contributed by atoms with E-state index in [9.17, 15) is 9.59 Å². The maximum atomic E-state index is 12.6. The van der Waals surface area contributed by atoms with Gasteiger partial charge >= 0.3 is 0 Å². The van der Waals surface area contributed by atoms with Crippen molar-refractivity contribution in [2.75, 3.05) is 13.1 Å². The van der Waals surface area contributed by atoms with Gasteiger partial charge in [-0.3, -0.25) is 9.59 Å². The van der Waals surface area contributed by atoms with Crippen molar-refractivity contribution in [2.24, 2.45) is 5.16 Å². The number of rotatable bonds is 3. The van der Waals surface area contributed by atoms with Crippen LogP contribution in [0, 0.1) is 0 Å². The number of carbonyl (C=O) groups is 2. The highest BCUT2D eigenvalue weighted by Crippen LogP contribution is 2.35. The molecule has 3 heterocycles. The van der Waals surface area contributed by atoms with Gasteiger partial charge in [-0.2, -0.15) is 0 Å². The maximum absolute atomic E-state index is 12.6. The van der Waals surface area contributed by atoms with Crippen LogP contribution >= 0.6 is 11.6 Å². The number of pyridine rings is 1. The molecule has 4 rings (SSSR count). The van der Waals surface area contributed by atoms with E-state index in [4.69, 9.17) is 16.4 Å². The first-order chi connectivity index (χ1) is 12.5. The van der Waals surface area contributed by atoms with E-state index in [1.165, 1.54) is 6.42 Å². The Kier molecular flexibility index (Phi) is 4.56. The Morgan fingerprint density at radius 2 is 2.04 bits per heavy atom. The lowest BCUT2D eigenvalue weighted by molar-refractivity contribution is -0.116. The van der Waals surface area contributed by atoms with Crippen LogP contribution in [0.25, 0.3) is 0 Å². The minimum atomic E-state index is -0.467. The molecule has 0 radical (unpaired) electrons. The standard InChI is InChI=1S/C18H21ClN4O3/c19-15-6-2-5-13(21-15)17(25)23-9-7-18(8-10-23)11-14(22-26-18)16(24)20-12-3-1-4-12/h2,5-6,12H,1,3-4,7-11H2,(H,20,24). The van der Waals surface area contributed by atoms with Gasteiger partial charge in [-0.15, -0.1) is 0 Å². The van der Waals surface area contributed by atoms with Gasteiger partial charge in [0.05, 0.1) is 0 Å². The molecule has 7 nitrogen and oxygen atoms in total. The van der Waals surface area contributed by atoms with E-state index in [0.29, 0.717) is 48.9 Å². The molecule has 1 N–H and O–H groups in total. The van der Waals surface area contributed by atoms with E-state index >= 15 is 0 Å². The highest BCUT2D eigenvalue weighted by atomic mass is 35.5. The molecular weight excluding hydrogens is 356 g/mol.